The second kappa shape index (κ2) is 8.59. The molecule has 0 bridgehead atoms. The fourth-order valence-corrected chi connectivity index (χ4v) is 2.90. The van der Waals surface area contributed by atoms with Crippen LogP contribution < -0.4 is 10.5 Å². The van der Waals surface area contributed by atoms with Crippen LogP contribution in [0.4, 0.5) is 0 Å². The first-order valence-corrected chi connectivity index (χ1v) is 8.98. The molecule has 2 amide bonds. The Bertz CT molecular complexity index is 985. The van der Waals surface area contributed by atoms with E-state index in [2.05, 4.69) is 0 Å². The van der Waals surface area contributed by atoms with Crippen molar-refractivity contribution in [2.75, 3.05) is 7.05 Å². The van der Waals surface area contributed by atoms with Crippen molar-refractivity contribution in [2.24, 2.45) is 5.73 Å². The lowest BCUT2D eigenvalue weighted by Crippen LogP contribution is -2.26. The maximum Gasteiger partial charge on any atom is 0.253 e. The van der Waals surface area contributed by atoms with Crippen LogP contribution in [-0.4, -0.2) is 23.8 Å². The van der Waals surface area contributed by atoms with Crippen molar-refractivity contribution >= 4 is 23.4 Å². The molecule has 0 unspecified atom stereocenters. The number of ether oxygens (including phenoxy) is 1. The van der Waals surface area contributed by atoms with E-state index in [1.807, 2.05) is 18.2 Å². The molecule has 0 saturated heterocycles. The van der Waals surface area contributed by atoms with E-state index in [1.165, 1.54) is 0 Å². The molecule has 0 radical (unpaired) electrons. The van der Waals surface area contributed by atoms with E-state index < -0.39 is 5.91 Å². The van der Waals surface area contributed by atoms with Gasteiger partial charge in [0, 0.05) is 29.7 Å². The minimum absolute atomic E-state index is 0.0997. The molecule has 0 spiro atoms. The van der Waals surface area contributed by atoms with Gasteiger partial charge >= 0.3 is 0 Å². The van der Waals surface area contributed by atoms with Crippen LogP contribution in [0.5, 0.6) is 11.5 Å². The largest absolute Gasteiger partial charge is 0.457 e. The van der Waals surface area contributed by atoms with Crippen LogP contribution in [0.2, 0.25) is 5.02 Å². The van der Waals surface area contributed by atoms with Gasteiger partial charge in [0.2, 0.25) is 5.91 Å². The molecule has 2 N–H and O–H groups in total. The lowest BCUT2D eigenvalue weighted by molar-refractivity contribution is 0.0785. The van der Waals surface area contributed by atoms with Gasteiger partial charge in [-0.25, -0.2) is 0 Å². The maximum absolute atomic E-state index is 12.6. The lowest BCUT2D eigenvalue weighted by atomic mass is 10.1. The molecule has 0 aliphatic rings. The molecule has 3 aromatic carbocycles. The number of hydrogen-bond donors (Lipinski definition) is 1. The summed E-state index contributed by atoms with van der Waals surface area (Å²) in [6.45, 7) is 0.462. The molecular weight excluding hydrogens is 376 g/mol. The molecule has 0 heterocycles. The standard InChI is InChI=1S/C22H19ClN2O3/c1-25(14-15-3-2-4-18(23)13-15)22(27)17-7-11-20(12-8-17)28-19-9-5-16(6-10-19)21(24)26/h2-13H,14H2,1H3,(H2,24,26). The highest BCUT2D eigenvalue weighted by Gasteiger charge is 2.12. The number of nitrogens with two attached hydrogens (primary N) is 1. The molecule has 0 saturated carbocycles. The van der Waals surface area contributed by atoms with E-state index >= 15 is 0 Å². The van der Waals surface area contributed by atoms with Crippen LogP contribution in [0.1, 0.15) is 26.3 Å². The van der Waals surface area contributed by atoms with Crippen molar-refractivity contribution in [3.05, 3.63) is 94.5 Å². The van der Waals surface area contributed by atoms with Gasteiger partial charge < -0.3 is 15.4 Å². The Kier molecular flexibility index (Phi) is 5.96. The van der Waals surface area contributed by atoms with Crippen molar-refractivity contribution in [3.8, 4) is 11.5 Å². The zero-order chi connectivity index (χ0) is 20.1. The van der Waals surface area contributed by atoms with Gasteiger partial charge in [-0.05, 0) is 66.2 Å². The second-order valence-corrected chi connectivity index (χ2v) is 6.74. The Morgan fingerprint density at radius 2 is 1.50 bits per heavy atom. The number of nitrogens with zero attached hydrogens (tertiary/aromatic N) is 1. The number of hydrogen-bond acceptors (Lipinski definition) is 3. The summed E-state index contributed by atoms with van der Waals surface area (Å²) < 4.78 is 5.73. The predicted octanol–water partition coefficient (Wildman–Crippen LogP) is 4.50. The Hall–Kier alpha value is -3.31. The fourth-order valence-electron chi connectivity index (χ4n) is 2.69. The van der Waals surface area contributed by atoms with E-state index in [-0.39, 0.29) is 5.91 Å². The summed E-state index contributed by atoms with van der Waals surface area (Å²) in [5, 5.41) is 0.642. The Morgan fingerprint density at radius 3 is 2.04 bits per heavy atom. The summed E-state index contributed by atoms with van der Waals surface area (Å²) in [6, 6.07) is 20.8. The van der Waals surface area contributed by atoms with Gasteiger partial charge in [-0.2, -0.15) is 0 Å². The number of carbonyl (C=O) groups excluding carboxylic acids is 2. The van der Waals surface area contributed by atoms with Crippen LogP contribution in [0.25, 0.3) is 0 Å². The summed E-state index contributed by atoms with van der Waals surface area (Å²) in [4.78, 5) is 25.3. The number of amides is 2. The summed E-state index contributed by atoms with van der Waals surface area (Å²) in [6.07, 6.45) is 0. The highest BCUT2D eigenvalue weighted by Crippen LogP contribution is 2.22. The number of primary amides is 1. The molecule has 6 heteroatoms. The molecular formula is C22H19ClN2O3. The summed E-state index contributed by atoms with van der Waals surface area (Å²) in [7, 11) is 1.74. The number of benzene rings is 3. The highest BCUT2D eigenvalue weighted by atomic mass is 35.5. The lowest BCUT2D eigenvalue weighted by Gasteiger charge is -2.17. The van der Waals surface area contributed by atoms with E-state index in [1.54, 1.807) is 66.5 Å². The van der Waals surface area contributed by atoms with Gasteiger partial charge in [0.1, 0.15) is 11.5 Å². The Morgan fingerprint density at radius 1 is 0.929 bits per heavy atom. The Labute approximate surface area is 168 Å². The summed E-state index contributed by atoms with van der Waals surface area (Å²) in [5.41, 5.74) is 7.15. The van der Waals surface area contributed by atoms with Gasteiger partial charge in [0.25, 0.3) is 5.91 Å². The number of rotatable bonds is 6. The quantitative estimate of drug-likeness (QED) is 0.668. The van der Waals surface area contributed by atoms with Crippen LogP contribution in [0.15, 0.2) is 72.8 Å². The minimum Gasteiger partial charge on any atom is -0.457 e. The molecule has 0 fully saturated rings. The zero-order valence-electron chi connectivity index (χ0n) is 15.3. The van der Waals surface area contributed by atoms with Gasteiger partial charge in [-0.1, -0.05) is 23.7 Å². The van der Waals surface area contributed by atoms with Gasteiger partial charge in [-0.15, -0.1) is 0 Å². The average Bonchev–Trinajstić information content (AvgIpc) is 2.68. The monoisotopic (exact) mass is 394 g/mol. The molecule has 0 atom stereocenters. The second-order valence-electron chi connectivity index (χ2n) is 6.31. The minimum atomic E-state index is -0.490. The first kappa shape index (κ1) is 19.5. The van der Waals surface area contributed by atoms with Crippen LogP contribution in [-0.2, 0) is 6.54 Å². The van der Waals surface area contributed by atoms with Crippen molar-refractivity contribution < 1.29 is 14.3 Å². The van der Waals surface area contributed by atoms with E-state index in [4.69, 9.17) is 22.1 Å². The topological polar surface area (TPSA) is 72.6 Å². The molecule has 142 valence electrons. The molecule has 0 aliphatic carbocycles. The highest BCUT2D eigenvalue weighted by molar-refractivity contribution is 6.30. The molecule has 0 aromatic heterocycles. The van der Waals surface area contributed by atoms with Gasteiger partial charge in [0.05, 0.1) is 0 Å². The molecule has 3 aromatic rings. The molecule has 28 heavy (non-hydrogen) atoms. The number of carbonyl (C=O) groups is 2. The first-order chi connectivity index (χ1) is 13.4. The third-order valence-electron chi connectivity index (χ3n) is 4.13. The van der Waals surface area contributed by atoms with Gasteiger partial charge in [0.15, 0.2) is 0 Å². The average molecular weight is 395 g/mol. The van der Waals surface area contributed by atoms with Crippen LogP contribution >= 0.6 is 11.6 Å². The molecule has 5 nitrogen and oxygen atoms in total. The maximum atomic E-state index is 12.6. The summed E-state index contributed by atoms with van der Waals surface area (Å²) >= 11 is 5.99. The zero-order valence-corrected chi connectivity index (χ0v) is 16.0. The normalized spacial score (nSPS) is 10.4. The van der Waals surface area contributed by atoms with E-state index in [9.17, 15) is 9.59 Å². The third-order valence-corrected chi connectivity index (χ3v) is 4.37. The van der Waals surface area contributed by atoms with Gasteiger partial charge in [-0.3, -0.25) is 9.59 Å². The van der Waals surface area contributed by atoms with Crippen molar-refractivity contribution in [3.63, 3.8) is 0 Å². The molecule has 0 aliphatic heterocycles. The first-order valence-electron chi connectivity index (χ1n) is 8.60. The Balaban J connectivity index is 1.64. The van der Waals surface area contributed by atoms with Crippen LogP contribution in [0.3, 0.4) is 0 Å². The SMILES string of the molecule is CN(Cc1cccc(Cl)c1)C(=O)c1ccc(Oc2ccc(C(N)=O)cc2)cc1. The predicted molar refractivity (Wildman–Crippen MR) is 109 cm³/mol. The van der Waals surface area contributed by atoms with Crippen molar-refractivity contribution in [2.45, 2.75) is 6.54 Å². The number of halogens is 1. The van der Waals surface area contributed by atoms with Crippen molar-refractivity contribution in [1.29, 1.82) is 0 Å². The molecule has 3 rings (SSSR count). The van der Waals surface area contributed by atoms with Crippen molar-refractivity contribution in [1.82, 2.24) is 4.90 Å². The van der Waals surface area contributed by atoms with E-state index in [0.29, 0.717) is 34.2 Å². The fraction of sp³-hybridized carbons (Fsp3) is 0.0909. The smallest absolute Gasteiger partial charge is 0.253 e. The van der Waals surface area contributed by atoms with Crippen LogP contribution in [0, 0.1) is 0 Å². The van der Waals surface area contributed by atoms with E-state index in [0.717, 1.165) is 5.56 Å². The summed E-state index contributed by atoms with van der Waals surface area (Å²) in [5.74, 6) is 0.566. The third kappa shape index (κ3) is 4.90.